The number of hydrogen-bond donors (Lipinski definition) is 0. The van der Waals surface area contributed by atoms with E-state index in [4.69, 9.17) is 9.47 Å². The van der Waals surface area contributed by atoms with Gasteiger partial charge in [-0.15, -0.1) is 0 Å². The molecule has 0 fully saturated rings. The molecule has 0 radical (unpaired) electrons. The van der Waals surface area contributed by atoms with Gasteiger partial charge >= 0.3 is 5.97 Å². The highest BCUT2D eigenvalue weighted by atomic mass is 16.5. The van der Waals surface area contributed by atoms with E-state index in [0.29, 0.717) is 12.5 Å². The van der Waals surface area contributed by atoms with E-state index in [1.54, 1.807) is 13.8 Å². The number of esters is 1. The van der Waals surface area contributed by atoms with Gasteiger partial charge in [-0.25, -0.2) is 9.79 Å². The van der Waals surface area contributed by atoms with Crippen LogP contribution >= 0.6 is 0 Å². The number of nitrogens with zero attached hydrogens (tertiary/aromatic N) is 1. The van der Waals surface area contributed by atoms with E-state index < -0.39 is 6.04 Å². The lowest BCUT2D eigenvalue weighted by Gasteiger charge is -2.10. The van der Waals surface area contributed by atoms with Crippen molar-refractivity contribution in [1.29, 1.82) is 0 Å². The first-order valence-corrected chi connectivity index (χ1v) is 4.03. The molecule has 0 aromatic carbocycles. The Balaban J connectivity index is 2.57. The van der Waals surface area contributed by atoms with Crippen LogP contribution in [0.5, 0.6) is 0 Å². The maximum atomic E-state index is 11.2. The number of hydrogen-bond acceptors (Lipinski definition) is 4. The van der Waals surface area contributed by atoms with Crippen molar-refractivity contribution in [2.75, 3.05) is 6.61 Å². The van der Waals surface area contributed by atoms with Gasteiger partial charge in [0, 0.05) is 6.92 Å². The zero-order chi connectivity index (χ0) is 9.14. The topological polar surface area (TPSA) is 47.9 Å². The molecule has 0 saturated heterocycles. The van der Waals surface area contributed by atoms with Crippen LogP contribution in [0.2, 0.25) is 0 Å². The Labute approximate surface area is 71.6 Å². The molecule has 0 amide bonds. The monoisotopic (exact) mass is 171 g/mol. The van der Waals surface area contributed by atoms with Gasteiger partial charge in [0.1, 0.15) is 6.10 Å². The van der Waals surface area contributed by atoms with E-state index >= 15 is 0 Å². The van der Waals surface area contributed by atoms with E-state index in [0.717, 1.165) is 0 Å². The molecule has 2 atom stereocenters. The van der Waals surface area contributed by atoms with Crippen molar-refractivity contribution < 1.29 is 14.3 Å². The molecule has 0 N–H and O–H groups in total. The Bertz CT molecular complexity index is 212. The molecule has 1 heterocycles. The maximum absolute atomic E-state index is 11.2. The Morgan fingerprint density at radius 1 is 1.75 bits per heavy atom. The fraction of sp³-hybridized carbons (Fsp3) is 0.750. The number of carbonyl (C=O) groups excluding carboxylic acids is 1. The highest BCUT2D eigenvalue weighted by molar-refractivity contribution is 5.85. The summed E-state index contributed by atoms with van der Waals surface area (Å²) in [5, 5.41) is 0. The first-order valence-electron chi connectivity index (χ1n) is 4.03. The van der Waals surface area contributed by atoms with Crippen molar-refractivity contribution in [1.82, 2.24) is 0 Å². The SMILES string of the molecule is CCOC(=O)C1N=C(C)OC1C. The summed E-state index contributed by atoms with van der Waals surface area (Å²) < 4.78 is 10.0. The van der Waals surface area contributed by atoms with E-state index in [9.17, 15) is 4.79 Å². The Hall–Kier alpha value is -1.06. The van der Waals surface area contributed by atoms with Crippen molar-refractivity contribution in [2.24, 2.45) is 4.99 Å². The first-order chi connectivity index (χ1) is 5.65. The molecule has 12 heavy (non-hydrogen) atoms. The van der Waals surface area contributed by atoms with Crippen LogP contribution in [0.1, 0.15) is 20.8 Å². The quantitative estimate of drug-likeness (QED) is 0.576. The van der Waals surface area contributed by atoms with E-state index in [1.807, 2.05) is 6.92 Å². The summed E-state index contributed by atoms with van der Waals surface area (Å²) in [4.78, 5) is 15.2. The van der Waals surface area contributed by atoms with Crippen LogP contribution in [0.15, 0.2) is 4.99 Å². The van der Waals surface area contributed by atoms with Crippen LogP contribution in [0.4, 0.5) is 0 Å². The van der Waals surface area contributed by atoms with Crippen LogP contribution in [0, 0.1) is 0 Å². The standard InChI is InChI=1S/C8H13NO3/c1-4-11-8(10)7-5(2)12-6(3)9-7/h5,7H,4H2,1-3H3. The maximum Gasteiger partial charge on any atom is 0.334 e. The second kappa shape index (κ2) is 3.56. The van der Waals surface area contributed by atoms with Crippen LogP contribution in [0.3, 0.4) is 0 Å². The molecule has 1 aliphatic rings. The van der Waals surface area contributed by atoms with Crippen molar-refractivity contribution >= 4 is 11.9 Å². The zero-order valence-corrected chi connectivity index (χ0v) is 7.53. The lowest BCUT2D eigenvalue weighted by atomic mass is 10.2. The number of aliphatic imine (C=N–C) groups is 1. The molecule has 0 bridgehead atoms. The summed E-state index contributed by atoms with van der Waals surface area (Å²) in [6, 6.07) is -0.468. The summed E-state index contributed by atoms with van der Waals surface area (Å²) in [6.07, 6.45) is -0.191. The minimum atomic E-state index is -0.468. The van der Waals surface area contributed by atoms with E-state index in [2.05, 4.69) is 4.99 Å². The fourth-order valence-electron chi connectivity index (χ4n) is 1.14. The van der Waals surface area contributed by atoms with E-state index in [1.165, 1.54) is 0 Å². The third-order valence-electron chi connectivity index (χ3n) is 1.65. The van der Waals surface area contributed by atoms with Crippen molar-refractivity contribution in [2.45, 2.75) is 32.9 Å². The van der Waals surface area contributed by atoms with Gasteiger partial charge in [-0.05, 0) is 13.8 Å². The summed E-state index contributed by atoms with van der Waals surface area (Å²) in [6.45, 7) is 5.70. The lowest BCUT2D eigenvalue weighted by Crippen LogP contribution is -2.29. The third-order valence-corrected chi connectivity index (χ3v) is 1.65. The molecule has 0 spiro atoms. The zero-order valence-electron chi connectivity index (χ0n) is 7.53. The molecular weight excluding hydrogens is 158 g/mol. The van der Waals surface area contributed by atoms with Crippen LogP contribution in [-0.4, -0.2) is 30.6 Å². The van der Waals surface area contributed by atoms with Gasteiger partial charge in [0.25, 0.3) is 0 Å². The van der Waals surface area contributed by atoms with Gasteiger partial charge in [0.2, 0.25) is 0 Å². The second-order valence-electron chi connectivity index (χ2n) is 2.67. The predicted octanol–water partition coefficient (Wildman–Crippen LogP) is 0.755. The Morgan fingerprint density at radius 3 is 2.83 bits per heavy atom. The summed E-state index contributed by atoms with van der Waals surface area (Å²) in [5.74, 6) is 0.252. The van der Waals surface area contributed by atoms with Crippen molar-refractivity contribution in [3.05, 3.63) is 0 Å². The average Bonchev–Trinajstić information content (AvgIpc) is 2.30. The van der Waals surface area contributed by atoms with Gasteiger partial charge in [-0.1, -0.05) is 0 Å². The van der Waals surface area contributed by atoms with Gasteiger partial charge in [0.05, 0.1) is 6.61 Å². The van der Waals surface area contributed by atoms with Crippen LogP contribution in [0.25, 0.3) is 0 Å². The summed E-state index contributed by atoms with van der Waals surface area (Å²) >= 11 is 0. The van der Waals surface area contributed by atoms with Crippen LogP contribution < -0.4 is 0 Å². The highest BCUT2D eigenvalue weighted by Crippen LogP contribution is 2.14. The molecule has 1 aliphatic heterocycles. The molecule has 0 saturated carbocycles. The lowest BCUT2D eigenvalue weighted by molar-refractivity contribution is -0.145. The minimum absolute atomic E-state index is 0.191. The molecule has 1 rings (SSSR count). The predicted molar refractivity (Wildman–Crippen MR) is 44.1 cm³/mol. The smallest absolute Gasteiger partial charge is 0.334 e. The van der Waals surface area contributed by atoms with E-state index in [-0.39, 0.29) is 12.1 Å². The molecule has 0 aromatic heterocycles. The summed E-state index contributed by atoms with van der Waals surface area (Å²) in [5.41, 5.74) is 0. The number of rotatable bonds is 2. The van der Waals surface area contributed by atoms with Crippen LogP contribution in [-0.2, 0) is 14.3 Å². The third kappa shape index (κ3) is 1.75. The van der Waals surface area contributed by atoms with Gasteiger partial charge in [-0.3, -0.25) is 0 Å². The normalized spacial score (nSPS) is 27.8. The molecule has 4 nitrogen and oxygen atoms in total. The second-order valence-corrected chi connectivity index (χ2v) is 2.67. The molecule has 4 heteroatoms. The highest BCUT2D eigenvalue weighted by Gasteiger charge is 2.32. The van der Waals surface area contributed by atoms with Gasteiger partial charge < -0.3 is 9.47 Å². The number of carbonyl (C=O) groups is 1. The van der Waals surface area contributed by atoms with Crippen molar-refractivity contribution in [3.63, 3.8) is 0 Å². The molecule has 68 valence electrons. The van der Waals surface area contributed by atoms with Gasteiger partial charge in [-0.2, -0.15) is 0 Å². The minimum Gasteiger partial charge on any atom is -0.475 e. The molecule has 0 aliphatic carbocycles. The number of ether oxygens (including phenoxy) is 2. The average molecular weight is 171 g/mol. The fourth-order valence-corrected chi connectivity index (χ4v) is 1.14. The summed E-state index contributed by atoms with van der Waals surface area (Å²) in [7, 11) is 0. The first kappa shape index (κ1) is 9.03. The Morgan fingerprint density at radius 2 is 2.42 bits per heavy atom. The molecular formula is C8H13NO3. The molecule has 0 aromatic rings. The largest absolute Gasteiger partial charge is 0.475 e. The van der Waals surface area contributed by atoms with Crippen molar-refractivity contribution in [3.8, 4) is 0 Å². The van der Waals surface area contributed by atoms with Gasteiger partial charge in [0.15, 0.2) is 11.9 Å². The molecule has 2 unspecified atom stereocenters. The Kier molecular flexibility index (Phi) is 2.68.